The number of carbonyl (C=O) groups is 2. The Balaban J connectivity index is 1.91. The van der Waals surface area contributed by atoms with Crippen LogP contribution in [-0.2, 0) is 6.54 Å². The highest BCUT2D eigenvalue weighted by atomic mass is 32.1. The van der Waals surface area contributed by atoms with E-state index in [4.69, 9.17) is 5.11 Å². The summed E-state index contributed by atoms with van der Waals surface area (Å²) >= 11 is 1.16. The summed E-state index contributed by atoms with van der Waals surface area (Å²) in [6.07, 6.45) is 3.25. The Kier molecular flexibility index (Phi) is 3.58. The number of urea groups is 1. The van der Waals surface area contributed by atoms with Crippen molar-refractivity contribution in [3.8, 4) is 0 Å². The monoisotopic (exact) mass is 266 g/mol. The third-order valence-electron chi connectivity index (χ3n) is 2.13. The number of aromatic amines is 1. The SMILES string of the molecule is O=C(NCc1cn[nH]c1)Nc1sccc1C(=O)O. The second kappa shape index (κ2) is 5.32. The molecule has 0 aromatic carbocycles. The predicted octanol–water partition coefficient (Wildman–Crippen LogP) is 1.49. The average Bonchev–Trinajstić information content (AvgIpc) is 2.96. The summed E-state index contributed by atoms with van der Waals surface area (Å²) in [6.45, 7) is 0.316. The number of aromatic carboxylic acids is 1. The molecule has 4 N–H and O–H groups in total. The molecule has 0 bridgehead atoms. The Hall–Kier alpha value is -2.35. The van der Waals surface area contributed by atoms with Gasteiger partial charge in [-0.25, -0.2) is 9.59 Å². The highest BCUT2D eigenvalue weighted by molar-refractivity contribution is 7.14. The van der Waals surface area contributed by atoms with Crippen LogP contribution in [0.15, 0.2) is 23.8 Å². The minimum Gasteiger partial charge on any atom is -0.478 e. The number of thiophene rings is 1. The lowest BCUT2D eigenvalue weighted by Gasteiger charge is -2.05. The van der Waals surface area contributed by atoms with Crippen molar-refractivity contribution < 1.29 is 14.7 Å². The molecule has 0 fully saturated rings. The van der Waals surface area contributed by atoms with Crippen LogP contribution in [0.25, 0.3) is 0 Å². The molecule has 0 aliphatic rings. The van der Waals surface area contributed by atoms with Gasteiger partial charge in [0.25, 0.3) is 0 Å². The fraction of sp³-hybridized carbons (Fsp3) is 0.100. The molecular formula is C10H10N4O3S. The molecule has 18 heavy (non-hydrogen) atoms. The van der Waals surface area contributed by atoms with Crippen molar-refractivity contribution in [1.82, 2.24) is 15.5 Å². The number of nitrogens with zero attached hydrogens (tertiary/aromatic N) is 1. The first-order valence-corrected chi connectivity index (χ1v) is 5.88. The number of amides is 2. The summed E-state index contributed by atoms with van der Waals surface area (Å²) in [5, 5.41) is 22.2. The van der Waals surface area contributed by atoms with Crippen LogP contribution in [0.4, 0.5) is 9.80 Å². The van der Waals surface area contributed by atoms with E-state index < -0.39 is 12.0 Å². The number of H-pyrrole nitrogens is 1. The second-order valence-electron chi connectivity index (χ2n) is 3.38. The summed E-state index contributed by atoms with van der Waals surface area (Å²) in [7, 11) is 0. The molecule has 2 amide bonds. The van der Waals surface area contributed by atoms with Crippen molar-refractivity contribution in [2.75, 3.05) is 5.32 Å². The Bertz CT molecular complexity index is 549. The van der Waals surface area contributed by atoms with Crippen LogP contribution in [0.2, 0.25) is 0 Å². The minimum atomic E-state index is -1.07. The van der Waals surface area contributed by atoms with Crippen molar-refractivity contribution in [3.05, 3.63) is 35.0 Å². The van der Waals surface area contributed by atoms with Crippen molar-refractivity contribution in [3.63, 3.8) is 0 Å². The van der Waals surface area contributed by atoms with E-state index in [0.29, 0.717) is 11.5 Å². The quantitative estimate of drug-likeness (QED) is 0.672. The molecule has 0 saturated heterocycles. The van der Waals surface area contributed by atoms with Gasteiger partial charge >= 0.3 is 12.0 Å². The molecule has 94 valence electrons. The molecule has 0 unspecified atom stereocenters. The third-order valence-corrected chi connectivity index (χ3v) is 2.96. The zero-order valence-electron chi connectivity index (χ0n) is 9.14. The fourth-order valence-electron chi connectivity index (χ4n) is 1.28. The van der Waals surface area contributed by atoms with Crippen molar-refractivity contribution >= 4 is 28.3 Å². The van der Waals surface area contributed by atoms with E-state index in [-0.39, 0.29) is 5.56 Å². The molecule has 2 aromatic rings. The Morgan fingerprint density at radius 2 is 2.33 bits per heavy atom. The fourth-order valence-corrected chi connectivity index (χ4v) is 2.05. The van der Waals surface area contributed by atoms with E-state index in [1.54, 1.807) is 17.8 Å². The molecule has 0 spiro atoms. The van der Waals surface area contributed by atoms with Crippen LogP contribution in [-0.4, -0.2) is 27.3 Å². The lowest BCUT2D eigenvalue weighted by molar-refractivity contribution is 0.0698. The van der Waals surface area contributed by atoms with Crippen molar-refractivity contribution in [2.24, 2.45) is 0 Å². The second-order valence-corrected chi connectivity index (χ2v) is 4.30. The number of carboxylic acids is 1. The Morgan fingerprint density at radius 3 is 3.00 bits per heavy atom. The first-order chi connectivity index (χ1) is 8.66. The number of hydrogen-bond donors (Lipinski definition) is 4. The highest BCUT2D eigenvalue weighted by Crippen LogP contribution is 2.22. The van der Waals surface area contributed by atoms with E-state index in [2.05, 4.69) is 20.8 Å². The molecule has 0 aliphatic heterocycles. The van der Waals surface area contributed by atoms with Gasteiger partial charge in [0.15, 0.2) is 0 Å². The first kappa shape index (κ1) is 12.1. The molecule has 2 heterocycles. The van der Waals surface area contributed by atoms with E-state index in [9.17, 15) is 9.59 Å². The third kappa shape index (κ3) is 2.86. The van der Waals surface area contributed by atoms with Crippen LogP contribution in [0, 0.1) is 0 Å². The van der Waals surface area contributed by atoms with Gasteiger partial charge in [-0.05, 0) is 11.4 Å². The Morgan fingerprint density at radius 1 is 1.50 bits per heavy atom. The van der Waals surface area contributed by atoms with Crippen molar-refractivity contribution in [1.29, 1.82) is 0 Å². The smallest absolute Gasteiger partial charge is 0.338 e. The summed E-state index contributed by atoms with van der Waals surface area (Å²) in [5.41, 5.74) is 0.910. The molecule has 8 heteroatoms. The van der Waals surface area contributed by atoms with E-state index in [0.717, 1.165) is 16.9 Å². The number of carboxylic acid groups (broad SMARTS) is 1. The maximum atomic E-state index is 11.5. The van der Waals surface area contributed by atoms with Gasteiger partial charge in [-0.2, -0.15) is 5.10 Å². The Labute approximate surface area is 106 Å². The lowest BCUT2D eigenvalue weighted by Crippen LogP contribution is -2.28. The van der Waals surface area contributed by atoms with Gasteiger partial charge in [0.1, 0.15) is 5.00 Å². The number of rotatable bonds is 4. The first-order valence-electron chi connectivity index (χ1n) is 5.00. The molecule has 2 aromatic heterocycles. The van der Waals surface area contributed by atoms with Crippen LogP contribution >= 0.6 is 11.3 Å². The summed E-state index contributed by atoms with van der Waals surface area (Å²) < 4.78 is 0. The summed E-state index contributed by atoms with van der Waals surface area (Å²) in [6, 6.07) is 0.986. The number of hydrogen-bond acceptors (Lipinski definition) is 4. The average molecular weight is 266 g/mol. The standard InChI is InChI=1S/C10H10N4O3S/c15-9(16)7-1-2-18-8(7)14-10(17)11-3-6-4-12-13-5-6/h1-2,4-5H,3H2,(H,12,13)(H,15,16)(H2,11,14,17). The van der Waals surface area contributed by atoms with E-state index >= 15 is 0 Å². The van der Waals surface area contributed by atoms with Crippen LogP contribution in [0.5, 0.6) is 0 Å². The van der Waals surface area contributed by atoms with Gasteiger partial charge in [0, 0.05) is 18.3 Å². The van der Waals surface area contributed by atoms with E-state index in [1.165, 1.54) is 6.07 Å². The topological polar surface area (TPSA) is 107 Å². The van der Waals surface area contributed by atoms with Crippen molar-refractivity contribution in [2.45, 2.75) is 6.54 Å². The molecule has 0 saturated carbocycles. The number of nitrogens with one attached hydrogen (secondary N) is 3. The van der Waals surface area contributed by atoms with E-state index in [1.807, 2.05) is 0 Å². The van der Waals surface area contributed by atoms with Gasteiger partial charge in [0.2, 0.25) is 0 Å². The molecule has 0 radical (unpaired) electrons. The molecule has 2 rings (SSSR count). The highest BCUT2D eigenvalue weighted by Gasteiger charge is 2.13. The zero-order chi connectivity index (χ0) is 13.0. The molecule has 0 aliphatic carbocycles. The minimum absolute atomic E-state index is 0.0819. The summed E-state index contributed by atoms with van der Waals surface area (Å²) in [5.74, 6) is -1.07. The van der Waals surface area contributed by atoms with Crippen LogP contribution in [0.1, 0.15) is 15.9 Å². The van der Waals surface area contributed by atoms with Gasteiger partial charge < -0.3 is 10.4 Å². The largest absolute Gasteiger partial charge is 0.478 e. The molecule has 0 atom stereocenters. The predicted molar refractivity (Wildman–Crippen MR) is 65.7 cm³/mol. The molecular weight excluding hydrogens is 256 g/mol. The van der Waals surface area contributed by atoms with Gasteiger partial charge in [0.05, 0.1) is 11.8 Å². The maximum absolute atomic E-state index is 11.5. The number of aromatic nitrogens is 2. The number of carbonyl (C=O) groups excluding carboxylic acids is 1. The normalized spacial score (nSPS) is 10.0. The molecule has 7 nitrogen and oxygen atoms in total. The van der Waals surface area contributed by atoms with Gasteiger partial charge in [-0.15, -0.1) is 11.3 Å². The number of anilines is 1. The van der Waals surface area contributed by atoms with Crippen LogP contribution in [0.3, 0.4) is 0 Å². The lowest BCUT2D eigenvalue weighted by atomic mass is 10.3. The summed E-state index contributed by atoms with van der Waals surface area (Å²) in [4.78, 5) is 22.4. The zero-order valence-corrected chi connectivity index (χ0v) is 9.95. The van der Waals surface area contributed by atoms with Gasteiger partial charge in [-0.3, -0.25) is 10.4 Å². The van der Waals surface area contributed by atoms with Gasteiger partial charge in [-0.1, -0.05) is 0 Å². The van der Waals surface area contributed by atoms with Crippen LogP contribution < -0.4 is 10.6 Å². The maximum Gasteiger partial charge on any atom is 0.338 e.